The third-order valence-corrected chi connectivity index (χ3v) is 3.34. The summed E-state index contributed by atoms with van der Waals surface area (Å²) in [5.74, 6) is -0.371. The molecule has 1 heterocycles. The van der Waals surface area contributed by atoms with Crippen molar-refractivity contribution in [3.8, 4) is 0 Å². The van der Waals surface area contributed by atoms with E-state index < -0.39 is 6.04 Å². The summed E-state index contributed by atoms with van der Waals surface area (Å²) in [6.07, 6.45) is 2.59. The predicted octanol–water partition coefficient (Wildman–Crippen LogP) is 2.24. The lowest BCUT2D eigenvalue weighted by atomic mass is 10.0. The van der Waals surface area contributed by atoms with Crippen LogP contribution in [0.15, 0.2) is 30.3 Å². The lowest BCUT2D eigenvalue weighted by molar-refractivity contribution is -0.149. The number of amides is 1. The monoisotopic (exact) mass is 261 g/mol. The van der Waals surface area contributed by atoms with Gasteiger partial charge in [-0.15, -0.1) is 0 Å². The number of esters is 1. The molecule has 1 amide bonds. The summed E-state index contributed by atoms with van der Waals surface area (Å²) in [5, 5.41) is 0. The molecule has 0 N–H and O–H groups in total. The summed E-state index contributed by atoms with van der Waals surface area (Å²) < 4.78 is 5.06. The minimum atomic E-state index is -0.429. The molecule has 0 aromatic heterocycles. The van der Waals surface area contributed by atoms with E-state index in [9.17, 15) is 9.59 Å². The Morgan fingerprint density at radius 3 is 2.68 bits per heavy atom. The van der Waals surface area contributed by atoms with Crippen molar-refractivity contribution in [3.63, 3.8) is 0 Å². The van der Waals surface area contributed by atoms with Gasteiger partial charge >= 0.3 is 5.97 Å². The molecule has 0 radical (unpaired) electrons. The number of likely N-dealkylation sites (tertiary alicyclic amines) is 1. The standard InChI is InChI=1S/C15H19NO3/c1-2-19-15(18)13-10-6-7-11-16(13)14(17)12-8-4-3-5-9-12/h3-5,8-9,13H,2,6-7,10-11H2,1H3/t13-/m1/s1. The van der Waals surface area contributed by atoms with Gasteiger partial charge in [-0.25, -0.2) is 4.79 Å². The van der Waals surface area contributed by atoms with Crippen LogP contribution in [0, 0.1) is 0 Å². The number of hydrogen-bond donors (Lipinski definition) is 0. The maximum Gasteiger partial charge on any atom is 0.328 e. The first-order chi connectivity index (χ1) is 9.24. The van der Waals surface area contributed by atoms with Gasteiger partial charge in [0, 0.05) is 12.1 Å². The average molecular weight is 261 g/mol. The second-order valence-corrected chi connectivity index (χ2v) is 4.63. The molecule has 1 fully saturated rings. The van der Waals surface area contributed by atoms with Crippen LogP contribution in [0.2, 0.25) is 0 Å². The molecule has 1 saturated heterocycles. The van der Waals surface area contributed by atoms with Gasteiger partial charge < -0.3 is 9.64 Å². The van der Waals surface area contributed by atoms with E-state index in [4.69, 9.17) is 4.74 Å². The van der Waals surface area contributed by atoms with E-state index >= 15 is 0 Å². The third kappa shape index (κ3) is 3.13. The van der Waals surface area contributed by atoms with E-state index in [0.29, 0.717) is 25.1 Å². The van der Waals surface area contributed by atoms with Gasteiger partial charge in [-0.05, 0) is 38.3 Å². The Kier molecular flexibility index (Phi) is 4.55. The first-order valence-electron chi connectivity index (χ1n) is 6.76. The van der Waals surface area contributed by atoms with Gasteiger partial charge in [0.2, 0.25) is 0 Å². The maximum atomic E-state index is 12.4. The fraction of sp³-hybridized carbons (Fsp3) is 0.467. The molecule has 0 saturated carbocycles. The Hall–Kier alpha value is -1.84. The van der Waals surface area contributed by atoms with Gasteiger partial charge in [0.25, 0.3) is 5.91 Å². The van der Waals surface area contributed by atoms with Gasteiger partial charge in [-0.2, -0.15) is 0 Å². The van der Waals surface area contributed by atoms with Gasteiger partial charge in [-0.1, -0.05) is 18.2 Å². The van der Waals surface area contributed by atoms with E-state index in [1.807, 2.05) is 18.2 Å². The molecule has 1 aromatic carbocycles. The molecule has 102 valence electrons. The van der Waals surface area contributed by atoms with Crippen molar-refractivity contribution in [2.75, 3.05) is 13.2 Å². The van der Waals surface area contributed by atoms with Crippen molar-refractivity contribution in [2.45, 2.75) is 32.2 Å². The van der Waals surface area contributed by atoms with E-state index in [0.717, 1.165) is 12.8 Å². The summed E-state index contributed by atoms with van der Waals surface area (Å²) in [4.78, 5) is 26.0. The minimum Gasteiger partial charge on any atom is -0.464 e. The second kappa shape index (κ2) is 6.36. The van der Waals surface area contributed by atoms with Gasteiger partial charge in [0.1, 0.15) is 6.04 Å². The topological polar surface area (TPSA) is 46.6 Å². The van der Waals surface area contributed by atoms with E-state index in [1.165, 1.54) is 0 Å². The highest BCUT2D eigenvalue weighted by atomic mass is 16.5. The molecule has 4 nitrogen and oxygen atoms in total. The number of nitrogens with zero attached hydrogens (tertiary/aromatic N) is 1. The van der Waals surface area contributed by atoms with E-state index in [1.54, 1.807) is 24.0 Å². The molecule has 0 bridgehead atoms. The van der Waals surface area contributed by atoms with Crippen LogP contribution in [0.1, 0.15) is 36.5 Å². The number of hydrogen-bond acceptors (Lipinski definition) is 3. The Morgan fingerprint density at radius 1 is 1.26 bits per heavy atom. The molecule has 1 aliphatic rings. The number of benzene rings is 1. The van der Waals surface area contributed by atoms with Crippen molar-refractivity contribution in [2.24, 2.45) is 0 Å². The SMILES string of the molecule is CCOC(=O)[C@H]1CCCCN1C(=O)c1ccccc1. The molecule has 4 heteroatoms. The van der Waals surface area contributed by atoms with Crippen LogP contribution < -0.4 is 0 Å². The zero-order chi connectivity index (χ0) is 13.7. The molecule has 1 aliphatic heterocycles. The Labute approximate surface area is 113 Å². The average Bonchev–Trinajstić information content (AvgIpc) is 2.47. The lowest BCUT2D eigenvalue weighted by Crippen LogP contribution is -2.48. The number of ether oxygens (including phenoxy) is 1. The molecular weight excluding hydrogens is 242 g/mol. The summed E-state index contributed by atoms with van der Waals surface area (Å²) in [5.41, 5.74) is 0.624. The first-order valence-corrected chi connectivity index (χ1v) is 6.76. The van der Waals surface area contributed by atoms with Crippen LogP contribution in [-0.4, -0.2) is 36.0 Å². The fourth-order valence-corrected chi connectivity index (χ4v) is 2.40. The molecular formula is C15H19NO3. The van der Waals surface area contributed by atoms with Crippen LogP contribution in [0.4, 0.5) is 0 Å². The van der Waals surface area contributed by atoms with E-state index in [2.05, 4.69) is 0 Å². The number of carbonyl (C=O) groups excluding carboxylic acids is 2. The largest absolute Gasteiger partial charge is 0.464 e. The van der Waals surface area contributed by atoms with Crippen LogP contribution in [0.5, 0.6) is 0 Å². The number of rotatable bonds is 3. The minimum absolute atomic E-state index is 0.0849. The van der Waals surface area contributed by atoms with Crippen molar-refractivity contribution in [3.05, 3.63) is 35.9 Å². The van der Waals surface area contributed by atoms with Crippen LogP contribution in [-0.2, 0) is 9.53 Å². The highest BCUT2D eigenvalue weighted by Crippen LogP contribution is 2.20. The quantitative estimate of drug-likeness (QED) is 0.784. The van der Waals surface area contributed by atoms with Crippen molar-refractivity contribution >= 4 is 11.9 Å². The van der Waals surface area contributed by atoms with Crippen molar-refractivity contribution in [1.82, 2.24) is 4.90 Å². The van der Waals surface area contributed by atoms with Crippen LogP contribution in [0.3, 0.4) is 0 Å². The summed E-state index contributed by atoms with van der Waals surface area (Å²) in [6.45, 7) is 2.75. The molecule has 1 aromatic rings. The summed E-state index contributed by atoms with van der Waals surface area (Å²) in [6, 6.07) is 8.66. The highest BCUT2D eigenvalue weighted by molar-refractivity contribution is 5.96. The maximum absolute atomic E-state index is 12.4. The molecule has 19 heavy (non-hydrogen) atoms. The number of carbonyl (C=O) groups is 2. The number of piperidine rings is 1. The van der Waals surface area contributed by atoms with Gasteiger partial charge in [-0.3, -0.25) is 4.79 Å². The smallest absolute Gasteiger partial charge is 0.328 e. The summed E-state index contributed by atoms with van der Waals surface area (Å²) in [7, 11) is 0. The van der Waals surface area contributed by atoms with E-state index in [-0.39, 0.29) is 11.9 Å². The van der Waals surface area contributed by atoms with Crippen LogP contribution in [0.25, 0.3) is 0 Å². The Balaban J connectivity index is 2.15. The molecule has 1 atom stereocenters. The van der Waals surface area contributed by atoms with Crippen LogP contribution >= 0.6 is 0 Å². The zero-order valence-electron chi connectivity index (χ0n) is 11.2. The molecule has 2 rings (SSSR count). The molecule has 0 aliphatic carbocycles. The zero-order valence-corrected chi connectivity index (χ0v) is 11.2. The predicted molar refractivity (Wildman–Crippen MR) is 71.8 cm³/mol. The normalized spacial score (nSPS) is 19.0. The Bertz CT molecular complexity index is 444. The van der Waals surface area contributed by atoms with Gasteiger partial charge in [0.05, 0.1) is 6.61 Å². The summed E-state index contributed by atoms with van der Waals surface area (Å²) >= 11 is 0. The Morgan fingerprint density at radius 2 is 2.00 bits per heavy atom. The fourth-order valence-electron chi connectivity index (χ4n) is 2.40. The highest BCUT2D eigenvalue weighted by Gasteiger charge is 2.33. The molecule has 0 unspecified atom stereocenters. The lowest BCUT2D eigenvalue weighted by Gasteiger charge is -2.34. The van der Waals surface area contributed by atoms with Crippen molar-refractivity contribution < 1.29 is 14.3 Å². The second-order valence-electron chi connectivity index (χ2n) is 4.63. The first kappa shape index (κ1) is 13.6. The van der Waals surface area contributed by atoms with Gasteiger partial charge in [0.15, 0.2) is 0 Å². The third-order valence-electron chi connectivity index (χ3n) is 3.34. The molecule has 0 spiro atoms. The van der Waals surface area contributed by atoms with Crippen molar-refractivity contribution in [1.29, 1.82) is 0 Å².